The second kappa shape index (κ2) is 10.4. The predicted molar refractivity (Wildman–Crippen MR) is 68.2 cm³/mol. The van der Waals surface area contributed by atoms with Crippen LogP contribution < -0.4 is 17.2 Å². The van der Waals surface area contributed by atoms with Crippen LogP contribution in [0.2, 0.25) is 0 Å². The molecule has 92 valence electrons. The topological polar surface area (TPSA) is 98.3 Å². The van der Waals surface area contributed by atoms with Gasteiger partial charge in [-0.15, -0.1) is 0 Å². The van der Waals surface area contributed by atoms with Crippen molar-refractivity contribution in [1.29, 1.82) is 0 Å². The predicted octanol–water partition coefficient (Wildman–Crippen LogP) is 0.577. The molecule has 4 nitrogen and oxygen atoms in total. The molecule has 1 aromatic carbocycles. The Labute approximate surface area is 97.4 Å². The van der Waals surface area contributed by atoms with E-state index < -0.39 is 0 Å². The van der Waals surface area contributed by atoms with Gasteiger partial charge >= 0.3 is 0 Å². The number of benzene rings is 1. The van der Waals surface area contributed by atoms with Gasteiger partial charge in [-0.25, -0.2) is 0 Å². The molecule has 1 rings (SSSR count). The molecule has 16 heavy (non-hydrogen) atoms. The zero-order valence-corrected chi connectivity index (χ0v) is 9.73. The molecule has 0 bridgehead atoms. The molecule has 0 atom stereocenters. The maximum absolute atomic E-state index is 8.89. The van der Waals surface area contributed by atoms with Crippen molar-refractivity contribution >= 4 is 0 Å². The van der Waals surface area contributed by atoms with E-state index in [4.69, 9.17) is 22.3 Å². The van der Waals surface area contributed by atoms with Crippen molar-refractivity contribution in [2.24, 2.45) is 17.2 Å². The van der Waals surface area contributed by atoms with Crippen molar-refractivity contribution < 1.29 is 5.11 Å². The minimum absolute atomic E-state index is 0.306. The summed E-state index contributed by atoms with van der Waals surface area (Å²) in [6, 6.07) is 7.10. The molecule has 0 unspecified atom stereocenters. The van der Waals surface area contributed by atoms with E-state index in [0.717, 1.165) is 32.4 Å². The molecule has 7 N–H and O–H groups in total. The second-order valence-corrected chi connectivity index (χ2v) is 3.49. The summed E-state index contributed by atoms with van der Waals surface area (Å²) < 4.78 is 0. The number of hydrogen-bond donors (Lipinski definition) is 4. The third-order valence-corrected chi connectivity index (χ3v) is 2.03. The zero-order chi connectivity index (χ0) is 12.2. The second-order valence-electron chi connectivity index (χ2n) is 3.49. The molecule has 0 heterocycles. The molecule has 0 aliphatic carbocycles. The molecule has 0 fully saturated rings. The summed E-state index contributed by atoms with van der Waals surface area (Å²) in [5.41, 5.74) is 16.8. The van der Waals surface area contributed by atoms with Gasteiger partial charge in [0.15, 0.2) is 0 Å². The van der Waals surface area contributed by atoms with E-state index in [9.17, 15) is 0 Å². The van der Waals surface area contributed by atoms with Crippen LogP contribution in [0.15, 0.2) is 24.3 Å². The monoisotopic (exact) mass is 225 g/mol. The third kappa shape index (κ3) is 8.23. The van der Waals surface area contributed by atoms with Crippen LogP contribution in [0, 0.1) is 0 Å². The molecule has 4 heteroatoms. The summed E-state index contributed by atoms with van der Waals surface area (Å²) in [4.78, 5) is 0. The Morgan fingerprint density at radius 2 is 1.31 bits per heavy atom. The van der Waals surface area contributed by atoms with E-state index in [1.54, 1.807) is 12.1 Å². The van der Waals surface area contributed by atoms with Crippen LogP contribution in [0.1, 0.15) is 18.4 Å². The summed E-state index contributed by atoms with van der Waals surface area (Å²) in [5, 5.41) is 8.89. The van der Waals surface area contributed by atoms with E-state index in [1.807, 2.05) is 12.1 Å². The number of hydrogen-bond acceptors (Lipinski definition) is 4. The third-order valence-electron chi connectivity index (χ3n) is 2.03. The molecular formula is C12H23N3O. The lowest BCUT2D eigenvalue weighted by Crippen LogP contribution is -2.03. The lowest BCUT2D eigenvalue weighted by molar-refractivity contribution is 0.475. The largest absolute Gasteiger partial charge is 0.508 e. The average Bonchev–Trinajstić information content (AvgIpc) is 2.31. The minimum atomic E-state index is 0.306. The van der Waals surface area contributed by atoms with Crippen molar-refractivity contribution in [2.45, 2.75) is 19.3 Å². The van der Waals surface area contributed by atoms with Gasteiger partial charge in [-0.05, 0) is 56.6 Å². The van der Waals surface area contributed by atoms with Crippen LogP contribution in [0.5, 0.6) is 5.75 Å². The van der Waals surface area contributed by atoms with E-state index in [0.29, 0.717) is 12.3 Å². The van der Waals surface area contributed by atoms with Gasteiger partial charge in [0.25, 0.3) is 0 Å². The first-order chi connectivity index (χ1) is 7.74. The summed E-state index contributed by atoms with van der Waals surface area (Å²) in [7, 11) is 0. The van der Waals surface area contributed by atoms with Gasteiger partial charge in [-0.3, -0.25) is 0 Å². The molecule has 0 amide bonds. The molecule has 1 aromatic rings. The molecule has 0 aliphatic heterocycles. The lowest BCUT2D eigenvalue weighted by Gasteiger charge is -1.96. The summed E-state index contributed by atoms with van der Waals surface area (Å²) >= 11 is 0. The average molecular weight is 225 g/mol. The highest BCUT2D eigenvalue weighted by atomic mass is 16.3. The maximum Gasteiger partial charge on any atom is 0.115 e. The normalized spacial score (nSPS) is 9.44. The van der Waals surface area contributed by atoms with E-state index in [1.165, 1.54) is 5.56 Å². The Kier molecular flexibility index (Phi) is 9.70. The van der Waals surface area contributed by atoms with Crippen molar-refractivity contribution in [2.75, 3.05) is 19.6 Å². The highest BCUT2D eigenvalue weighted by Crippen LogP contribution is 2.09. The van der Waals surface area contributed by atoms with Gasteiger partial charge in [0.1, 0.15) is 5.75 Å². The zero-order valence-electron chi connectivity index (χ0n) is 9.73. The Balaban J connectivity index is 0.000000325. The van der Waals surface area contributed by atoms with Gasteiger partial charge in [0.05, 0.1) is 0 Å². The fraction of sp³-hybridized carbons (Fsp3) is 0.500. The van der Waals surface area contributed by atoms with Gasteiger partial charge in [0, 0.05) is 0 Å². The summed E-state index contributed by atoms with van der Waals surface area (Å²) in [5.74, 6) is 0.306. The van der Waals surface area contributed by atoms with Crippen molar-refractivity contribution in [3.05, 3.63) is 29.8 Å². The van der Waals surface area contributed by atoms with Crippen LogP contribution in [0.25, 0.3) is 0 Å². The van der Waals surface area contributed by atoms with E-state index in [-0.39, 0.29) is 0 Å². The molecule has 0 saturated heterocycles. The van der Waals surface area contributed by atoms with Gasteiger partial charge in [0.2, 0.25) is 0 Å². The molecule has 0 aromatic heterocycles. The first-order valence-electron chi connectivity index (χ1n) is 5.62. The number of unbranched alkanes of at least 4 members (excludes halogenated alkanes) is 1. The lowest BCUT2D eigenvalue weighted by atomic mass is 10.1. The fourth-order valence-electron chi connectivity index (χ4n) is 1.12. The van der Waals surface area contributed by atoms with Crippen LogP contribution in [-0.4, -0.2) is 24.7 Å². The smallest absolute Gasteiger partial charge is 0.115 e. The fourth-order valence-corrected chi connectivity index (χ4v) is 1.12. The first kappa shape index (κ1) is 14.9. The Morgan fingerprint density at radius 3 is 1.69 bits per heavy atom. The highest BCUT2D eigenvalue weighted by Gasteiger charge is 1.89. The van der Waals surface area contributed by atoms with Crippen LogP contribution in [0.4, 0.5) is 0 Å². The van der Waals surface area contributed by atoms with Crippen LogP contribution in [0.3, 0.4) is 0 Å². The summed E-state index contributed by atoms with van der Waals surface area (Å²) in [6.07, 6.45) is 3.01. The number of aromatic hydroxyl groups is 1. The van der Waals surface area contributed by atoms with Gasteiger partial charge in [-0.1, -0.05) is 12.1 Å². The Morgan fingerprint density at radius 1 is 0.812 bits per heavy atom. The first-order valence-corrected chi connectivity index (χ1v) is 5.62. The van der Waals surface area contributed by atoms with Gasteiger partial charge in [-0.2, -0.15) is 0 Å². The highest BCUT2D eigenvalue weighted by molar-refractivity contribution is 5.25. The van der Waals surface area contributed by atoms with Crippen molar-refractivity contribution in [3.63, 3.8) is 0 Å². The van der Waals surface area contributed by atoms with Crippen LogP contribution in [-0.2, 0) is 6.42 Å². The molecular weight excluding hydrogens is 202 g/mol. The quantitative estimate of drug-likeness (QED) is 0.551. The number of nitrogens with two attached hydrogens (primary N) is 3. The molecule has 0 saturated carbocycles. The number of phenolic OH excluding ortho intramolecular Hbond substituents is 1. The van der Waals surface area contributed by atoms with Gasteiger partial charge < -0.3 is 22.3 Å². The molecule has 0 spiro atoms. The minimum Gasteiger partial charge on any atom is -0.508 e. The standard InChI is InChI=1S/C8H11NO.C4H12N2/c9-6-5-7-1-3-8(10)4-2-7;5-3-1-2-4-6/h1-4,10H,5-6,9H2;1-6H2. The van der Waals surface area contributed by atoms with Crippen molar-refractivity contribution in [3.8, 4) is 5.75 Å². The maximum atomic E-state index is 8.89. The molecule has 0 aliphatic rings. The Hall–Kier alpha value is -1.10. The Bertz CT molecular complexity index is 245. The van der Waals surface area contributed by atoms with E-state index >= 15 is 0 Å². The van der Waals surface area contributed by atoms with E-state index in [2.05, 4.69) is 0 Å². The van der Waals surface area contributed by atoms with Crippen LogP contribution >= 0.6 is 0 Å². The summed E-state index contributed by atoms with van der Waals surface area (Å²) in [6.45, 7) is 2.21. The molecule has 0 radical (unpaired) electrons. The number of rotatable bonds is 5. The SMILES string of the molecule is NCCCCN.NCCc1ccc(O)cc1. The van der Waals surface area contributed by atoms with Crippen molar-refractivity contribution in [1.82, 2.24) is 0 Å². The number of phenols is 1.